The summed E-state index contributed by atoms with van der Waals surface area (Å²) >= 11 is 1.25. The standard InChI is InChI=1S/C24H25FN6O3S/c1-12-21-20(18-10-17(11-19(18)33)27-14(3)32)28-22(23-26-13(2)29-35-23)31(21)9-8-30(12)24(34)15-4-6-16(25)7-5-15/h4-7,12,17-18H,8-11H2,1-3H3,(H,27,32)/t12-,17+,18?/m1/s1. The zero-order valence-electron chi connectivity index (χ0n) is 19.6. The summed E-state index contributed by atoms with van der Waals surface area (Å²) in [6, 6.07) is 4.88. The molecule has 3 atom stereocenters. The number of aromatic nitrogens is 4. The van der Waals surface area contributed by atoms with Gasteiger partial charge in [-0.2, -0.15) is 4.37 Å². The molecule has 1 aliphatic heterocycles. The molecule has 1 aliphatic carbocycles. The van der Waals surface area contributed by atoms with Gasteiger partial charge in [0.1, 0.15) is 17.4 Å². The van der Waals surface area contributed by atoms with Gasteiger partial charge in [-0.1, -0.05) is 0 Å². The smallest absolute Gasteiger partial charge is 0.254 e. The number of hydrogen-bond donors (Lipinski definition) is 1. The van der Waals surface area contributed by atoms with Crippen LogP contribution >= 0.6 is 11.5 Å². The first-order valence-corrected chi connectivity index (χ1v) is 12.3. The van der Waals surface area contributed by atoms with E-state index in [-0.39, 0.29) is 36.1 Å². The van der Waals surface area contributed by atoms with Gasteiger partial charge in [0, 0.05) is 38.0 Å². The molecule has 0 spiro atoms. The second-order valence-corrected chi connectivity index (χ2v) is 9.79. The zero-order valence-corrected chi connectivity index (χ0v) is 20.4. The molecule has 1 unspecified atom stereocenters. The number of carbonyl (C=O) groups is 3. The molecule has 35 heavy (non-hydrogen) atoms. The van der Waals surface area contributed by atoms with Gasteiger partial charge in [0.15, 0.2) is 10.8 Å². The molecular formula is C24H25FN6O3S. The van der Waals surface area contributed by atoms with Crippen molar-refractivity contribution in [3.05, 3.63) is 52.9 Å². The van der Waals surface area contributed by atoms with Crippen LogP contribution in [0.2, 0.25) is 0 Å². The SMILES string of the molecule is CC(=O)N[C@@H]1CC(=O)C(c2nc(-c3nc(C)ns3)n3c2[C@@H](C)N(C(=O)c2ccc(F)cc2)CC3)C1. The second-order valence-electron chi connectivity index (χ2n) is 9.04. The number of halogens is 1. The van der Waals surface area contributed by atoms with Crippen molar-refractivity contribution < 1.29 is 18.8 Å². The zero-order chi connectivity index (χ0) is 24.9. The lowest BCUT2D eigenvalue weighted by molar-refractivity contribution is -0.119. The van der Waals surface area contributed by atoms with Gasteiger partial charge in [0.2, 0.25) is 5.91 Å². The number of nitrogens with one attached hydrogen (secondary N) is 1. The van der Waals surface area contributed by atoms with Crippen molar-refractivity contribution in [2.75, 3.05) is 6.54 Å². The third-order valence-electron chi connectivity index (χ3n) is 6.63. The Balaban J connectivity index is 1.55. The molecule has 9 nitrogen and oxygen atoms in total. The Morgan fingerprint density at radius 1 is 1.17 bits per heavy atom. The van der Waals surface area contributed by atoms with E-state index in [1.807, 2.05) is 18.4 Å². The van der Waals surface area contributed by atoms with Crippen LogP contribution in [0.3, 0.4) is 0 Å². The Morgan fingerprint density at radius 2 is 1.91 bits per heavy atom. The summed E-state index contributed by atoms with van der Waals surface area (Å²) in [5, 5.41) is 3.51. The topological polar surface area (TPSA) is 110 Å². The summed E-state index contributed by atoms with van der Waals surface area (Å²) in [5.41, 5.74) is 1.81. The first-order valence-electron chi connectivity index (χ1n) is 11.5. The number of imidazole rings is 1. The number of fused-ring (bicyclic) bond motifs is 1. The van der Waals surface area contributed by atoms with Crippen LogP contribution in [-0.2, 0) is 16.1 Å². The van der Waals surface area contributed by atoms with E-state index < -0.39 is 11.7 Å². The van der Waals surface area contributed by atoms with Crippen LogP contribution < -0.4 is 5.32 Å². The Labute approximate surface area is 205 Å². The molecule has 1 N–H and O–H groups in total. The molecule has 3 heterocycles. The maximum absolute atomic E-state index is 13.4. The molecule has 11 heteroatoms. The maximum Gasteiger partial charge on any atom is 0.254 e. The normalized spacial score (nSPS) is 21.8. The molecule has 2 aliphatic rings. The van der Waals surface area contributed by atoms with Crippen LogP contribution in [0, 0.1) is 12.7 Å². The molecule has 1 aromatic carbocycles. The van der Waals surface area contributed by atoms with E-state index >= 15 is 0 Å². The van der Waals surface area contributed by atoms with E-state index in [1.165, 1.54) is 42.7 Å². The molecule has 182 valence electrons. The van der Waals surface area contributed by atoms with Crippen LogP contribution in [0.15, 0.2) is 24.3 Å². The lowest BCUT2D eigenvalue weighted by Gasteiger charge is -2.36. The highest BCUT2D eigenvalue weighted by Gasteiger charge is 2.42. The van der Waals surface area contributed by atoms with Gasteiger partial charge in [-0.3, -0.25) is 14.4 Å². The maximum atomic E-state index is 13.4. The van der Waals surface area contributed by atoms with Crippen molar-refractivity contribution in [2.24, 2.45) is 0 Å². The van der Waals surface area contributed by atoms with Crippen molar-refractivity contribution in [3.63, 3.8) is 0 Å². The number of ketones is 1. The van der Waals surface area contributed by atoms with Crippen molar-refractivity contribution in [2.45, 2.75) is 58.2 Å². The molecule has 2 amide bonds. The minimum atomic E-state index is -0.487. The second kappa shape index (κ2) is 8.95. The molecule has 5 rings (SSSR count). The Morgan fingerprint density at radius 3 is 2.57 bits per heavy atom. The number of hydrogen-bond acceptors (Lipinski definition) is 7. The third-order valence-corrected chi connectivity index (χ3v) is 7.43. The average Bonchev–Trinajstić information content (AvgIpc) is 3.50. The Bertz CT molecular complexity index is 1320. The van der Waals surface area contributed by atoms with Crippen LogP contribution in [-0.4, -0.2) is 54.0 Å². The number of rotatable bonds is 4. The van der Waals surface area contributed by atoms with Crippen LogP contribution in [0.1, 0.15) is 66.2 Å². The van der Waals surface area contributed by atoms with Gasteiger partial charge < -0.3 is 14.8 Å². The van der Waals surface area contributed by atoms with Gasteiger partial charge in [0.05, 0.1) is 23.3 Å². The van der Waals surface area contributed by atoms with E-state index in [0.29, 0.717) is 47.4 Å². The molecule has 0 saturated heterocycles. The number of carbonyl (C=O) groups excluding carboxylic acids is 3. The van der Waals surface area contributed by atoms with Crippen LogP contribution in [0.5, 0.6) is 0 Å². The molecule has 1 saturated carbocycles. The number of aryl methyl sites for hydroxylation is 1. The number of nitrogens with zero attached hydrogens (tertiary/aromatic N) is 5. The van der Waals surface area contributed by atoms with Crippen molar-refractivity contribution in [1.82, 2.24) is 29.1 Å². The first-order chi connectivity index (χ1) is 16.7. The highest BCUT2D eigenvalue weighted by Crippen LogP contribution is 2.41. The third kappa shape index (κ3) is 4.24. The Hall–Kier alpha value is -3.47. The lowest BCUT2D eigenvalue weighted by Crippen LogP contribution is -2.41. The van der Waals surface area contributed by atoms with Gasteiger partial charge in [-0.05, 0) is 56.1 Å². The fraction of sp³-hybridized carbons (Fsp3) is 0.417. The largest absolute Gasteiger partial charge is 0.353 e. The van der Waals surface area contributed by atoms with Crippen molar-refractivity contribution in [1.29, 1.82) is 0 Å². The fourth-order valence-electron chi connectivity index (χ4n) is 5.09. The fourth-order valence-corrected chi connectivity index (χ4v) is 5.76. The summed E-state index contributed by atoms with van der Waals surface area (Å²) < 4.78 is 19.7. The van der Waals surface area contributed by atoms with Gasteiger partial charge in [-0.25, -0.2) is 14.4 Å². The average molecular weight is 497 g/mol. The summed E-state index contributed by atoms with van der Waals surface area (Å²) in [7, 11) is 0. The van der Waals surface area contributed by atoms with E-state index in [1.54, 1.807) is 4.90 Å². The highest BCUT2D eigenvalue weighted by molar-refractivity contribution is 7.09. The van der Waals surface area contributed by atoms with Crippen molar-refractivity contribution in [3.8, 4) is 10.8 Å². The molecule has 0 radical (unpaired) electrons. The number of benzene rings is 1. The summed E-state index contributed by atoms with van der Waals surface area (Å²) in [6.07, 6.45) is 0.700. The Kier molecular flexibility index (Phi) is 5.96. The molecular weight excluding hydrogens is 471 g/mol. The van der Waals surface area contributed by atoms with Gasteiger partial charge >= 0.3 is 0 Å². The van der Waals surface area contributed by atoms with Crippen molar-refractivity contribution >= 4 is 29.1 Å². The van der Waals surface area contributed by atoms with Gasteiger partial charge in [-0.15, -0.1) is 0 Å². The highest BCUT2D eigenvalue weighted by atomic mass is 32.1. The number of amides is 2. The molecule has 0 bridgehead atoms. The molecule has 3 aromatic rings. The van der Waals surface area contributed by atoms with Crippen LogP contribution in [0.25, 0.3) is 10.8 Å². The van der Waals surface area contributed by atoms with Gasteiger partial charge in [0.25, 0.3) is 5.91 Å². The monoisotopic (exact) mass is 496 g/mol. The first kappa shape index (κ1) is 23.3. The van der Waals surface area contributed by atoms with E-state index in [0.717, 1.165) is 5.69 Å². The summed E-state index contributed by atoms with van der Waals surface area (Å²) in [6.45, 7) is 6.07. The molecule has 1 fully saturated rings. The summed E-state index contributed by atoms with van der Waals surface area (Å²) in [4.78, 5) is 49.1. The quantitative estimate of drug-likeness (QED) is 0.595. The lowest BCUT2D eigenvalue weighted by atomic mass is 9.96. The molecule has 2 aromatic heterocycles. The van der Waals surface area contributed by atoms with E-state index in [9.17, 15) is 18.8 Å². The number of Topliss-reactive ketones (excluding diaryl/α,β-unsaturated/α-hetero) is 1. The van der Waals surface area contributed by atoms with Crippen LogP contribution in [0.4, 0.5) is 4.39 Å². The predicted molar refractivity (Wildman–Crippen MR) is 126 cm³/mol. The minimum Gasteiger partial charge on any atom is -0.353 e. The van der Waals surface area contributed by atoms with E-state index in [4.69, 9.17) is 4.98 Å². The summed E-state index contributed by atoms with van der Waals surface area (Å²) in [5.74, 6) is 0.0144. The minimum absolute atomic E-state index is 0.0128. The predicted octanol–water partition coefficient (Wildman–Crippen LogP) is 3.02. The van der Waals surface area contributed by atoms with E-state index in [2.05, 4.69) is 14.7 Å².